The van der Waals surface area contributed by atoms with Crippen molar-refractivity contribution in [3.8, 4) is 0 Å². The molecule has 0 bridgehead atoms. The number of benzene rings is 1. The van der Waals surface area contributed by atoms with Crippen LogP contribution in [0.2, 0.25) is 0 Å². The smallest absolute Gasteiger partial charge is 0.227 e. The maximum absolute atomic E-state index is 12.4. The first kappa shape index (κ1) is 24.7. The lowest BCUT2D eigenvalue weighted by Gasteiger charge is -2.32. The Morgan fingerprint density at radius 2 is 1.79 bits per heavy atom. The summed E-state index contributed by atoms with van der Waals surface area (Å²) in [6.07, 6.45) is 3.10. The molecule has 2 fully saturated rings. The fraction of sp³-hybridized carbons (Fsp3) is 0.600. The number of likely N-dealkylation sites (N-methyl/N-ethyl adjacent to an activating group) is 1. The second kappa shape index (κ2) is 12.3. The Balaban J connectivity index is 0.00000196. The molecule has 0 aliphatic carbocycles. The van der Waals surface area contributed by atoms with Gasteiger partial charge in [0.1, 0.15) is 0 Å². The molecule has 1 atom stereocenters. The van der Waals surface area contributed by atoms with Crippen molar-refractivity contribution in [2.45, 2.75) is 25.7 Å². The molecule has 2 heterocycles. The molecule has 1 aromatic rings. The zero-order chi connectivity index (χ0) is 18.4. The standard InChI is InChI=1S/C20H30N4O2.2ClH/c1-23-10-12-24(13-11-23)20(26)14-16-2-5-18(6-3-16)22-19(25)7-4-17-8-9-21-15-17;;/h2-3,5-6,17,21H,4,7-15H2,1H3,(H,22,25);2*1H. The van der Waals surface area contributed by atoms with Crippen LogP contribution >= 0.6 is 24.8 Å². The van der Waals surface area contributed by atoms with Crippen molar-refractivity contribution in [3.05, 3.63) is 29.8 Å². The topological polar surface area (TPSA) is 64.7 Å². The van der Waals surface area contributed by atoms with Crippen LogP contribution in [0.5, 0.6) is 0 Å². The lowest BCUT2D eigenvalue weighted by atomic mass is 10.0. The summed E-state index contributed by atoms with van der Waals surface area (Å²) in [7, 11) is 2.08. The predicted octanol–water partition coefficient (Wildman–Crippen LogP) is 2.17. The van der Waals surface area contributed by atoms with Crippen LogP contribution in [0.4, 0.5) is 5.69 Å². The van der Waals surface area contributed by atoms with Crippen molar-refractivity contribution in [2.75, 3.05) is 51.6 Å². The zero-order valence-corrected chi connectivity index (χ0v) is 18.1. The molecule has 158 valence electrons. The lowest BCUT2D eigenvalue weighted by molar-refractivity contribution is -0.132. The molecule has 2 N–H and O–H groups in total. The maximum atomic E-state index is 12.4. The number of amides is 2. The first-order chi connectivity index (χ1) is 12.6. The number of nitrogens with zero attached hydrogens (tertiary/aromatic N) is 2. The summed E-state index contributed by atoms with van der Waals surface area (Å²) in [6, 6.07) is 7.65. The lowest BCUT2D eigenvalue weighted by Crippen LogP contribution is -2.47. The average Bonchev–Trinajstić information content (AvgIpc) is 3.16. The third-order valence-corrected chi connectivity index (χ3v) is 5.39. The molecular formula is C20H32Cl2N4O2. The average molecular weight is 431 g/mol. The summed E-state index contributed by atoms with van der Waals surface area (Å²) in [5.41, 5.74) is 1.79. The van der Waals surface area contributed by atoms with Crippen LogP contribution in [0.15, 0.2) is 24.3 Å². The Morgan fingerprint density at radius 3 is 2.39 bits per heavy atom. The van der Waals surface area contributed by atoms with Gasteiger partial charge >= 0.3 is 0 Å². The molecule has 0 radical (unpaired) electrons. The van der Waals surface area contributed by atoms with Gasteiger partial charge in [0, 0.05) is 38.3 Å². The Morgan fingerprint density at radius 1 is 1.11 bits per heavy atom. The normalized spacial score (nSPS) is 19.5. The summed E-state index contributed by atoms with van der Waals surface area (Å²) in [5.74, 6) is 0.877. The number of halogens is 2. The summed E-state index contributed by atoms with van der Waals surface area (Å²) >= 11 is 0. The maximum Gasteiger partial charge on any atom is 0.227 e. The predicted molar refractivity (Wildman–Crippen MR) is 118 cm³/mol. The molecule has 6 nitrogen and oxygen atoms in total. The molecule has 8 heteroatoms. The number of rotatable bonds is 6. The van der Waals surface area contributed by atoms with E-state index < -0.39 is 0 Å². The van der Waals surface area contributed by atoms with Gasteiger partial charge in [-0.3, -0.25) is 9.59 Å². The van der Waals surface area contributed by atoms with Gasteiger partial charge in [0.2, 0.25) is 11.8 Å². The second-order valence-electron chi connectivity index (χ2n) is 7.50. The molecule has 2 saturated heterocycles. The highest BCUT2D eigenvalue weighted by molar-refractivity contribution is 5.90. The minimum absolute atomic E-state index is 0. The molecule has 2 aliphatic heterocycles. The van der Waals surface area contributed by atoms with Crippen LogP contribution < -0.4 is 10.6 Å². The molecule has 28 heavy (non-hydrogen) atoms. The van der Waals surface area contributed by atoms with E-state index in [1.807, 2.05) is 29.2 Å². The first-order valence-corrected chi connectivity index (χ1v) is 9.66. The van der Waals surface area contributed by atoms with E-state index in [0.29, 0.717) is 18.8 Å². The molecule has 0 spiro atoms. The molecule has 1 unspecified atom stereocenters. The van der Waals surface area contributed by atoms with Crippen LogP contribution in [-0.4, -0.2) is 67.9 Å². The van der Waals surface area contributed by atoms with Gasteiger partial charge < -0.3 is 20.4 Å². The SMILES string of the molecule is CN1CCN(C(=O)Cc2ccc(NC(=O)CCC3CCNC3)cc2)CC1.Cl.Cl. The number of hydrogen-bond acceptors (Lipinski definition) is 4. The van der Waals surface area contributed by atoms with E-state index in [9.17, 15) is 9.59 Å². The Kier molecular flexibility index (Phi) is 10.8. The van der Waals surface area contributed by atoms with Crippen molar-refractivity contribution in [1.82, 2.24) is 15.1 Å². The van der Waals surface area contributed by atoms with Crippen LogP contribution in [0.25, 0.3) is 0 Å². The van der Waals surface area contributed by atoms with Crippen LogP contribution in [0.1, 0.15) is 24.8 Å². The van der Waals surface area contributed by atoms with Crippen LogP contribution in [-0.2, 0) is 16.0 Å². The fourth-order valence-corrected chi connectivity index (χ4v) is 3.57. The van der Waals surface area contributed by atoms with E-state index in [4.69, 9.17) is 0 Å². The number of carbonyl (C=O) groups excluding carboxylic acids is 2. The van der Waals surface area contributed by atoms with Gasteiger partial charge in [0.15, 0.2) is 0 Å². The van der Waals surface area contributed by atoms with E-state index in [2.05, 4.69) is 22.6 Å². The van der Waals surface area contributed by atoms with Gasteiger partial charge in [0.05, 0.1) is 6.42 Å². The van der Waals surface area contributed by atoms with Gasteiger partial charge in [-0.2, -0.15) is 0 Å². The molecule has 2 aliphatic rings. The minimum Gasteiger partial charge on any atom is -0.340 e. The molecular weight excluding hydrogens is 399 g/mol. The number of hydrogen-bond donors (Lipinski definition) is 2. The Labute approximate surface area is 180 Å². The van der Waals surface area contributed by atoms with Gasteiger partial charge in [-0.15, -0.1) is 24.8 Å². The van der Waals surface area contributed by atoms with E-state index >= 15 is 0 Å². The van der Waals surface area contributed by atoms with Crippen molar-refractivity contribution in [2.24, 2.45) is 5.92 Å². The summed E-state index contributed by atoms with van der Waals surface area (Å²) in [6.45, 7) is 5.59. The highest BCUT2D eigenvalue weighted by Gasteiger charge is 2.19. The quantitative estimate of drug-likeness (QED) is 0.725. The van der Waals surface area contributed by atoms with Crippen molar-refractivity contribution in [3.63, 3.8) is 0 Å². The van der Waals surface area contributed by atoms with Crippen molar-refractivity contribution in [1.29, 1.82) is 0 Å². The Bertz CT molecular complexity index is 613. The molecule has 0 aromatic heterocycles. The summed E-state index contributed by atoms with van der Waals surface area (Å²) in [5, 5.41) is 6.28. The van der Waals surface area contributed by atoms with Crippen LogP contribution in [0.3, 0.4) is 0 Å². The van der Waals surface area contributed by atoms with E-state index in [1.165, 1.54) is 6.42 Å². The largest absolute Gasteiger partial charge is 0.340 e. The first-order valence-electron chi connectivity index (χ1n) is 9.66. The molecule has 2 amide bonds. The van der Waals surface area contributed by atoms with E-state index in [0.717, 1.165) is 56.9 Å². The van der Waals surface area contributed by atoms with Crippen LogP contribution in [0, 0.1) is 5.92 Å². The highest BCUT2D eigenvalue weighted by atomic mass is 35.5. The summed E-state index contributed by atoms with van der Waals surface area (Å²) < 4.78 is 0. The number of carbonyl (C=O) groups is 2. The van der Waals surface area contributed by atoms with Crippen molar-refractivity contribution >= 4 is 42.3 Å². The molecule has 0 saturated carbocycles. The van der Waals surface area contributed by atoms with E-state index in [-0.39, 0.29) is 36.6 Å². The second-order valence-corrected chi connectivity index (χ2v) is 7.50. The molecule has 1 aromatic carbocycles. The van der Waals surface area contributed by atoms with Gasteiger partial charge in [-0.25, -0.2) is 0 Å². The van der Waals surface area contributed by atoms with Gasteiger partial charge in [0.25, 0.3) is 0 Å². The van der Waals surface area contributed by atoms with Gasteiger partial charge in [-0.05, 0) is 56.6 Å². The highest BCUT2D eigenvalue weighted by Crippen LogP contribution is 2.16. The molecule has 3 rings (SSSR count). The zero-order valence-electron chi connectivity index (χ0n) is 16.5. The minimum atomic E-state index is 0. The monoisotopic (exact) mass is 430 g/mol. The number of anilines is 1. The summed E-state index contributed by atoms with van der Waals surface area (Å²) in [4.78, 5) is 28.6. The third kappa shape index (κ3) is 7.59. The third-order valence-electron chi connectivity index (χ3n) is 5.39. The fourth-order valence-electron chi connectivity index (χ4n) is 3.57. The van der Waals surface area contributed by atoms with Crippen molar-refractivity contribution < 1.29 is 9.59 Å². The van der Waals surface area contributed by atoms with Gasteiger partial charge in [-0.1, -0.05) is 12.1 Å². The van der Waals surface area contributed by atoms with E-state index in [1.54, 1.807) is 0 Å². The number of nitrogens with one attached hydrogen (secondary N) is 2. The number of piperazine rings is 1. The Hall–Kier alpha value is -1.34.